The van der Waals surface area contributed by atoms with Crippen molar-refractivity contribution in [1.29, 1.82) is 0 Å². The topological polar surface area (TPSA) is 92.8 Å². The highest BCUT2D eigenvalue weighted by atomic mass is 32.2. The molecule has 2 fully saturated rings. The Morgan fingerprint density at radius 3 is 2.36 bits per heavy atom. The normalized spacial score (nSPS) is 24.3. The van der Waals surface area contributed by atoms with Crippen molar-refractivity contribution in [3.05, 3.63) is 24.3 Å². The molecular formula is C16H21F3N2O5S2. The van der Waals surface area contributed by atoms with Gasteiger partial charge in [-0.3, -0.25) is 0 Å². The van der Waals surface area contributed by atoms with Gasteiger partial charge in [0, 0.05) is 31.2 Å². The number of benzene rings is 1. The number of nitrogens with zero attached hydrogens (tertiary/aromatic N) is 1. The van der Waals surface area contributed by atoms with E-state index in [4.69, 9.17) is 0 Å². The Hall–Kier alpha value is -1.37. The first-order valence-electron chi connectivity index (χ1n) is 8.77. The highest BCUT2D eigenvalue weighted by Crippen LogP contribution is 2.27. The molecule has 2 heterocycles. The number of sulfone groups is 1. The molecule has 0 radical (unpaired) electrons. The summed E-state index contributed by atoms with van der Waals surface area (Å²) in [7, 11) is -6.94. The standard InChI is InChI=1S/C16H21F3N2O5S2/c17-16(18,19)26-14-2-1-3-15(10-14)28(24,25)21-7-4-12(5-8-21)20-13-6-9-27(22,23)11-13/h1-3,10,12-13,20H,4-9,11H2. The monoisotopic (exact) mass is 442 g/mol. The first-order chi connectivity index (χ1) is 12.9. The number of ether oxygens (including phenoxy) is 1. The SMILES string of the molecule is O=S1(=O)CCC(NC2CCN(S(=O)(=O)c3cccc(OC(F)(F)F)c3)CC2)C1. The van der Waals surface area contributed by atoms with E-state index in [1.54, 1.807) is 0 Å². The van der Waals surface area contributed by atoms with Gasteiger partial charge in [0.1, 0.15) is 5.75 Å². The minimum absolute atomic E-state index is 0.00430. The zero-order valence-corrected chi connectivity index (χ0v) is 16.5. The molecule has 1 aromatic rings. The number of hydrogen-bond acceptors (Lipinski definition) is 6. The number of piperidine rings is 1. The molecule has 1 N–H and O–H groups in total. The Balaban J connectivity index is 1.61. The van der Waals surface area contributed by atoms with Crippen molar-refractivity contribution >= 4 is 19.9 Å². The third kappa shape index (κ3) is 5.37. The van der Waals surface area contributed by atoms with E-state index in [0.29, 0.717) is 19.3 Å². The Labute approximate surface area is 161 Å². The minimum Gasteiger partial charge on any atom is -0.406 e. The molecule has 2 aliphatic heterocycles. The predicted molar refractivity (Wildman–Crippen MR) is 95.1 cm³/mol. The molecule has 3 rings (SSSR count). The maximum Gasteiger partial charge on any atom is 0.573 e. The van der Waals surface area contributed by atoms with E-state index in [0.717, 1.165) is 12.1 Å². The van der Waals surface area contributed by atoms with Gasteiger partial charge in [-0.15, -0.1) is 13.2 Å². The van der Waals surface area contributed by atoms with Gasteiger partial charge in [0.15, 0.2) is 9.84 Å². The fourth-order valence-electron chi connectivity index (χ4n) is 3.50. The minimum atomic E-state index is -4.90. The lowest BCUT2D eigenvalue weighted by Gasteiger charge is -2.33. The molecule has 0 saturated carbocycles. The Bertz CT molecular complexity index is 910. The van der Waals surface area contributed by atoms with Crippen LogP contribution < -0.4 is 10.1 Å². The first-order valence-corrected chi connectivity index (χ1v) is 12.0. The average Bonchev–Trinajstić information content (AvgIpc) is 2.92. The summed E-state index contributed by atoms with van der Waals surface area (Å²) in [6.07, 6.45) is -3.37. The lowest BCUT2D eigenvalue weighted by atomic mass is 10.1. The molecule has 1 aromatic carbocycles. The molecule has 12 heteroatoms. The summed E-state index contributed by atoms with van der Waals surface area (Å²) in [5, 5.41) is 3.27. The second-order valence-electron chi connectivity index (χ2n) is 6.97. The van der Waals surface area contributed by atoms with Crippen LogP contribution in [0.15, 0.2) is 29.2 Å². The number of alkyl halides is 3. The summed E-state index contributed by atoms with van der Waals surface area (Å²) in [5.74, 6) is -0.335. The van der Waals surface area contributed by atoms with Crippen molar-refractivity contribution in [1.82, 2.24) is 9.62 Å². The van der Waals surface area contributed by atoms with Crippen LogP contribution in [-0.2, 0) is 19.9 Å². The van der Waals surface area contributed by atoms with E-state index >= 15 is 0 Å². The highest BCUT2D eigenvalue weighted by molar-refractivity contribution is 7.91. The quantitative estimate of drug-likeness (QED) is 0.743. The smallest absolute Gasteiger partial charge is 0.406 e. The summed E-state index contributed by atoms with van der Waals surface area (Å²) in [4.78, 5) is -0.262. The van der Waals surface area contributed by atoms with Crippen LogP contribution in [0.3, 0.4) is 0 Å². The van der Waals surface area contributed by atoms with E-state index in [9.17, 15) is 30.0 Å². The van der Waals surface area contributed by atoms with Gasteiger partial charge in [-0.1, -0.05) is 6.07 Å². The van der Waals surface area contributed by atoms with Gasteiger partial charge in [0.25, 0.3) is 0 Å². The highest BCUT2D eigenvalue weighted by Gasteiger charge is 2.34. The van der Waals surface area contributed by atoms with Crippen molar-refractivity contribution in [3.63, 3.8) is 0 Å². The number of rotatable bonds is 5. The van der Waals surface area contributed by atoms with E-state index in [-0.39, 0.29) is 41.6 Å². The molecule has 2 saturated heterocycles. The lowest BCUT2D eigenvalue weighted by molar-refractivity contribution is -0.274. The van der Waals surface area contributed by atoms with Crippen LogP contribution in [0, 0.1) is 0 Å². The zero-order valence-electron chi connectivity index (χ0n) is 14.9. The van der Waals surface area contributed by atoms with Gasteiger partial charge < -0.3 is 10.1 Å². The molecule has 0 aromatic heterocycles. The van der Waals surface area contributed by atoms with Gasteiger partial charge in [-0.05, 0) is 31.4 Å². The lowest BCUT2D eigenvalue weighted by Crippen LogP contribution is -2.48. The fourth-order valence-corrected chi connectivity index (χ4v) is 6.70. The van der Waals surface area contributed by atoms with E-state index < -0.39 is 32.0 Å². The average molecular weight is 442 g/mol. The van der Waals surface area contributed by atoms with E-state index in [1.165, 1.54) is 16.4 Å². The summed E-state index contributed by atoms with van der Waals surface area (Å²) >= 11 is 0. The van der Waals surface area contributed by atoms with Gasteiger partial charge in [-0.2, -0.15) is 4.31 Å². The molecule has 28 heavy (non-hydrogen) atoms. The van der Waals surface area contributed by atoms with E-state index in [1.807, 2.05) is 0 Å². The molecule has 0 amide bonds. The molecule has 1 atom stereocenters. The largest absolute Gasteiger partial charge is 0.573 e. The molecule has 0 spiro atoms. The van der Waals surface area contributed by atoms with Crippen molar-refractivity contribution in [2.24, 2.45) is 0 Å². The Morgan fingerprint density at radius 2 is 1.79 bits per heavy atom. The fraction of sp³-hybridized carbons (Fsp3) is 0.625. The van der Waals surface area contributed by atoms with E-state index in [2.05, 4.69) is 10.1 Å². The van der Waals surface area contributed by atoms with Crippen LogP contribution >= 0.6 is 0 Å². The second-order valence-corrected chi connectivity index (χ2v) is 11.1. The maximum atomic E-state index is 12.7. The van der Waals surface area contributed by atoms with Crippen LogP contribution in [0.2, 0.25) is 0 Å². The van der Waals surface area contributed by atoms with Crippen LogP contribution in [-0.4, -0.2) is 64.2 Å². The molecule has 0 aliphatic carbocycles. The maximum absolute atomic E-state index is 12.7. The predicted octanol–water partition coefficient (Wildman–Crippen LogP) is 1.52. The Morgan fingerprint density at radius 1 is 1.11 bits per heavy atom. The van der Waals surface area contributed by atoms with Gasteiger partial charge in [0.2, 0.25) is 10.0 Å². The number of sulfonamides is 1. The molecular weight excluding hydrogens is 421 g/mol. The zero-order chi connectivity index (χ0) is 20.6. The Kier molecular flexibility index (Phi) is 5.95. The van der Waals surface area contributed by atoms with Crippen LogP contribution in [0.1, 0.15) is 19.3 Å². The molecule has 7 nitrogen and oxygen atoms in total. The molecule has 1 unspecified atom stereocenters. The van der Waals surface area contributed by atoms with Crippen molar-refractivity contribution in [2.75, 3.05) is 24.6 Å². The summed E-state index contributed by atoms with van der Waals surface area (Å²) in [6, 6.07) is 4.21. The summed E-state index contributed by atoms with van der Waals surface area (Å²) in [6.45, 7) is 0.396. The van der Waals surface area contributed by atoms with Gasteiger partial charge in [0.05, 0.1) is 16.4 Å². The van der Waals surface area contributed by atoms with Crippen molar-refractivity contribution in [2.45, 2.75) is 42.6 Å². The first kappa shape index (κ1) is 21.3. The third-order valence-electron chi connectivity index (χ3n) is 4.83. The summed E-state index contributed by atoms with van der Waals surface area (Å²) < 4.78 is 90.6. The van der Waals surface area contributed by atoms with Crippen LogP contribution in [0.4, 0.5) is 13.2 Å². The second kappa shape index (κ2) is 7.81. The van der Waals surface area contributed by atoms with Crippen LogP contribution in [0.25, 0.3) is 0 Å². The molecule has 0 bridgehead atoms. The van der Waals surface area contributed by atoms with Crippen molar-refractivity contribution < 1.29 is 34.7 Å². The number of hydrogen-bond donors (Lipinski definition) is 1. The van der Waals surface area contributed by atoms with Crippen molar-refractivity contribution in [3.8, 4) is 5.75 Å². The number of nitrogens with one attached hydrogen (secondary N) is 1. The van der Waals surface area contributed by atoms with Gasteiger partial charge >= 0.3 is 6.36 Å². The third-order valence-corrected chi connectivity index (χ3v) is 8.50. The molecule has 158 valence electrons. The van der Waals surface area contributed by atoms with Crippen LogP contribution in [0.5, 0.6) is 5.75 Å². The summed E-state index contributed by atoms with van der Waals surface area (Å²) in [5.41, 5.74) is 0. The molecule has 2 aliphatic rings. The van der Waals surface area contributed by atoms with Gasteiger partial charge in [-0.25, -0.2) is 16.8 Å². The number of halogens is 3.